The van der Waals surface area contributed by atoms with Gasteiger partial charge in [0.2, 0.25) is 10.0 Å². The molecular weight excluding hydrogens is 376 g/mol. The van der Waals surface area contributed by atoms with Gasteiger partial charge in [-0.3, -0.25) is 4.90 Å². The third-order valence-corrected chi connectivity index (χ3v) is 7.35. The van der Waals surface area contributed by atoms with E-state index in [-0.39, 0.29) is 0 Å². The number of aromatic nitrogens is 4. The molecule has 2 aromatic rings. The number of hydrogen-bond acceptors (Lipinski definition) is 6. The number of piperazine rings is 1. The predicted molar refractivity (Wildman–Crippen MR) is 107 cm³/mol. The molecule has 1 fully saturated rings. The van der Waals surface area contributed by atoms with E-state index >= 15 is 0 Å². The Morgan fingerprint density at radius 3 is 2.36 bits per heavy atom. The van der Waals surface area contributed by atoms with Crippen LogP contribution in [0.4, 0.5) is 0 Å². The van der Waals surface area contributed by atoms with Gasteiger partial charge in [0.15, 0.2) is 5.82 Å². The number of nitrogens with zero attached hydrogens (tertiary/aromatic N) is 6. The molecule has 0 unspecified atom stereocenters. The molecule has 0 N–H and O–H groups in total. The lowest BCUT2D eigenvalue weighted by Gasteiger charge is -2.33. The van der Waals surface area contributed by atoms with Gasteiger partial charge in [-0.25, -0.2) is 13.1 Å². The maximum absolute atomic E-state index is 13.0. The lowest BCUT2D eigenvalue weighted by atomic mass is 9.99. The standard InChI is InChI=1S/C19H30N6O2S/c1-4-10-25-19(20-21-22-25)15-23-11-13-24(14-12-23)28(26,27)18-8-6-17(7-9-18)16(3)5-2/h6-9,16H,4-5,10-15H2,1-3H3/t16-/m1/s1. The minimum Gasteiger partial charge on any atom is -0.293 e. The van der Waals surface area contributed by atoms with Crippen LogP contribution in [0.1, 0.15) is 50.9 Å². The van der Waals surface area contributed by atoms with Crippen LogP contribution < -0.4 is 0 Å². The van der Waals surface area contributed by atoms with E-state index < -0.39 is 10.0 Å². The van der Waals surface area contributed by atoms with Gasteiger partial charge in [0.25, 0.3) is 0 Å². The molecule has 0 amide bonds. The Labute approximate surface area is 167 Å². The maximum Gasteiger partial charge on any atom is 0.243 e. The summed E-state index contributed by atoms with van der Waals surface area (Å²) >= 11 is 0. The van der Waals surface area contributed by atoms with E-state index in [2.05, 4.69) is 41.2 Å². The molecule has 1 aliphatic rings. The number of benzene rings is 1. The third kappa shape index (κ3) is 4.59. The predicted octanol–water partition coefficient (Wildman–Crippen LogP) is 2.10. The van der Waals surface area contributed by atoms with Crippen molar-refractivity contribution in [1.29, 1.82) is 0 Å². The van der Waals surface area contributed by atoms with E-state index in [1.54, 1.807) is 16.4 Å². The van der Waals surface area contributed by atoms with Crippen LogP contribution in [-0.4, -0.2) is 64.0 Å². The Balaban J connectivity index is 1.61. The van der Waals surface area contributed by atoms with Crippen LogP contribution in [0.5, 0.6) is 0 Å². The van der Waals surface area contributed by atoms with Crippen LogP contribution in [0.15, 0.2) is 29.2 Å². The van der Waals surface area contributed by atoms with E-state index in [4.69, 9.17) is 0 Å². The van der Waals surface area contributed by atoms with Crippen molar-refractivity contribution in [1.82, 2.24) is 29.4 Å². The first-order valence-electron chi connectivity index (χ1n) is 10.0. The first-order chi connectivity index (χ1) is 13.5. The minimum absolute atomic E-state index is 0.375. The lowest BCUT2D eigenvalue weighted by Crippen LogP contribution is -2.48. The van der Waals surface area contributed by atoms with Crippen molar-refractivity contribution in [3.63, 3.8) is 0 Å². The number of rotatable bonds is 8. The second kappa shape index (κ2) is 9.11. The zero-order chi connectivity index (χ0) is 20.1. The second-order valence-corrected chi connectivity index (χ2v) is 9.31. The molecule has 0 bridgehead atoms. The number of sulfonamides is 1. The van der Waals surface area contributed by atoms with E-state index in [9.17, 15) is 8.42 Å². The van der Waals surface area contributed by atoms with Crippen molar-refractivity contribution in [2.24, 2.45) is 0 Å². The van der Waals surface area contributed by atoms with Gasteiger partial charge < -0.3 is 0 Å². The molecule has 0 radical (unpaired) electrons. The van der Waals surface area contributed by atoms with Crippen molar-refractivity contribution >= 4 is 10.0 Å². The third-order valence-electron chi connectivity index (χ3n) is 5.44. The molecule has 3 rings (SSSR count). The SMILES string of the molecule is CCCn1nnnc1CN1CCN(S(=O)(=O)c2ccc([C@H](C)CC)cc2)CC1. The zero-order valence-electron chi connectivity index (χ0n) is 17.0. The average molecular weight is 407 g/mol. The Bertz CT molecular complexity index is 857. The summed E-state index contributed by atoms with van der Waals surface area (Å²) < 4.78 is 29.3. The Morgan fingerprint density at radius 1 is 1.07 bits per heavy atom. The highest BCUT2D eigenvalue weighted by Crippen LogP contribution is 2.23. The Kier molecular flexibility index (Phi) is 6.79. The molecule has 0 saturated carbocycles. The highest BCUT2D eigenvalue weighted by atomic mass is 32.2. The van der Waals surface area contributed by atoms with Gasteiger partial charge in [0.1, 0.15) is 0 Å². The van der Waals surface area contributed by atoms with Crippen LogP contribution >= 0.6 is 0 Å². The van der Waals surface area contributed by atoms with Crippen molar-refractivity contribution in [3.8, 4) is 0 Å². The average Bonchev–Trinajstić information content (AvgIpc) is 3.15. The van der Waals surface area contributed by atoms with E-state index in [1.165, 1.54) is 5.56 Å². The molecule has 9 heteroatoms. The fraction of sp³-hybridized carbons (Fsp3) is 0.632. The lowest BCUT2D eigenvalue weighted by molar-refractivity contribution is 0.175. The summed E-state index contributed by atoms with van der Waals surface area (Å²) in [5.41, 5.74) is 1.18. The molecule has 1 aromatic heterocycles. The molecule has 0 spiro atoms. The quantitative estimate of drug-likeness (QED) is 0.668. The topological polar surface area (TPSA) is 84.2 Å². The van der Waals surface area contributed by atoms with Crippen molar-refractivity contribution in [2.45, 2.75) is 57.5 Å². The molecule has 0 aliphatic carbocycles. The zero-order valence-corrected chi connectivity index (χ0v) is 17.8. The molecule has 8 nitrogen and oxygen atoms in total. The molecule has 1 saturated heterocycles. The van der Waals surface area contributed by atoms with E-state index in [1.807, 2.05) is 16.8 Å². The summed E-state index contributed by atoms with van der Waals surface area (Å²) in [4.78, 5) is 2.58. The smallest absolute Gasteiger partial charge is 0.243 e. The van der Waals surface area contributed by atoms with Crippen LogP contribution in [0.2, 0.25) is 0 Å². The summed E-state index contributed by atoms with van der Waals surface area (Å²) in [5.74, 6) is 1.27. The van der Waals surface area contributed by atoms with Crippen LogP contribution in [0.25, 0.3) is 0 Å². The van der Waals surface area contributed by atoms with Gasteiger partial charge in [0, 0.05) is 32.7 Å². The summed E-state index contributed by atoms with van der Waals surface area (Å²) in [6.45, 7) is 10.1. The first kappa shape index (κ1) is 20.9. The molecule has 154 valence electrons. The summed E-state index contributed by atoms with van der Waals surface area (Å²) in [6.07, 6.45) is 2.01. The van der Waals surface area contributed by atoms with E-state index in [0.717, 1.165) is 25.2 Å². The largest absolute Gasteiger partial charge is 0.293 e. The summed E-state index contributed by atoms with van der Waals surface area (Å²) in [5, 5.41) is 11.9. The molecule has 1 atom stereocenters. The van der Waals surface area contributed by atoms with Crippen LogP contribution in [0.3, 0.4) is 0 Å². The number of aryl methyl sites for hydroxylation is 1. The maximum atomic E-state index is 13.0. The van der Waals surface area contributed by atoms with Gasteiger partial charge in [-0.1, -0.05) is 32.9 Å². The molecule has 1 aliphatic heterocycles. The Hall–Kier alpha value is -1.84. The Morgan fingerprint density at radius 2 is 1.75 bits per heavy atom. The van der Waals surface area contributed by atoms with Crippen LogP contribution in [-0.2, 0) is 23.1 Å². The van der Waals surface area contributed by atoms with Gasteiger partial charge >= 0.3 is 0 Å². The van der Waals surface area contributed by atoms with Gasteiger partial charge in [-0.2, -0.15) is 4.31 Å². The van der Waals surface area contributed by atoms with Crippen LogP contribution in [0, 0.1) is 0 Å². The van der Waals surface area contributed by atoms with Gasteiger partial charge in [-0.15, -0.1) is 5.10 Å². The minimum atomic E-state index is -3.45. The van der Waals surface area contributed by atoms with Crippen molar-refractivity contribution < 1.29 is 8.42 Å². The van der Waals surface area contributed by atoms with Crippen molar-refractivity contribution in [3.05, 3.63) is 35.7 Å². The second-order valence-electron chi connectivity index (χ2n) is 7.38. The normalized spacial score (nSPS) is 17.7. The van der Waals surface area contributed by atoms with E-state index in [0.29, 0.717) is 43.5 Å². The monoisotopic (exact) mass is 406 g/mol. The highest BCUT2D eigenvalue weighted by Gasteiger charge is 2.29. The summed E-state index contributed by atoms with van der Waals surface area (Å²) in [6, 6.07) is 7.35. The fourth-order valence-corrected chi connectivity index (χ4v) is 4.83. The summed E-state index contributed by atoms with van der Waals surface area (Å²) in [7, 11) is -3.45. The molecular formula is C19H30N6O2S. The number of hydrogen-bond donors (Lipinski definition) is 0. The number of tetrazole rings is 1. The molecule has 28 heavy (non-hydrogen) atoms. The first-order valence-corrected chi connectivity index (χ1v) is 11.5. The highest BCUT2D eigenvalue weighted by molar-refractivity contribution is 7.89. The van der Waals surface area contributed by atoms with Crippen molar-refractivity contribution in [2.75, 3.05) is 26.2 Å². The van der Waals surface area contributed by atoms with Gasteiger partial charge in [-0.05, 0) is 46.9 Å². The van der Waals surface area contributed by atoms with Gasteiger partial charge in [0.05, 0.1) is 11.4 Å². The molecule has 1 aromatic carbocycles. The molecule has 2 heterocycles. The fourth-order valence-electron chi connectivity index (χ4n) is 3.40.